The zero-order valence-corrected chi connectivity index (χ0v) is 9.37. The molecule has 0 aromatic heterocycles. The fraction of sp³-hybridized carbons (Fsp3) is 0.0769. The number of hydrogen-bond donors (Lipinski definition) is 0. The summed E-state index contributed by atoms with van der Waals surface area (Å²) in [5, 5.41) is 2.66. The minimum Gasteiger partial charge on any atom is -0.0732 e. The molecule has 0 amide bonds. The van der Waals surface area contributed by atoms with E-state index in [2.05, 4.69) is 64.5 Å². The van der Waals surface area contributed by atoms with Crippen molar-refractivity contribution < 1.29 is 0 Å². The van der Waals surface area contributed by atoms with Crippen molar-refractivity contribution in [3.63, 3.8) is 0 Å². The number of hydrogen-bond acceptors (Lipinski definition) is 0. The van der Waals surface area contributed by atoms with Gasteiger partial charge >= 0.3 is 0 Å². The van der Waals surface area contributed by atoms with Gasteiger partial charge in [0, 0.05) is 0 Å². The molecule has 0 N–H and O–H groups in total. The third-order valence-corrected chi connectivity index (χ3v) is 2.68. The van der Waals surface area contributed by atoms with E-state index in [0.717, 1.165) is 6.42 Å². The van der Waals surface area contributed by atoms with Crippen molar-refractivity contribution in [2.24, 2.45) is 0 Å². The van der Waals surface area contributed by atoms with Crippen LogP contribution in [-0.2, 0) is 6.42 Å². The Balaban J connectivity index is 2.53. The SMILES string of the molecule is Br/C=C/Cc1cccc2ccccc12. The van der Waals surface area contributed by atoms with E-state index in [9.17, 15) is 0 Å². The molecule has 0 aliphatic carbocycles. The van der Waals surface area contributed by atoms with E-state index >= 15 is 0 Å². The van der Waals surface area contributed by atoms with E-state index in [0.29, 0.717) is 0 Å². The molecule has 0 saturated carbocycles. The highest BCUT2D eigenvalue weighted by molar-refractivity contribution is 9.11. The van der Waals surface area contributed by atoms with Crippen molar-refractivity contribution in [2.75, 3.05) is 0 Å². The molecule has 0 aliphatic heterocycles. The van der Waals surface area contributed by atoms with Gasteiger partial charge in [0.1, 0.15) is 0 Å². The van der Waals surface area contributed by atoms with E-state index < -0.39 is 0 Å². The molecule has 0 bridgehead atoms. The van der Waals surface area contributed by atoms with Crippen LogP contribution in [0.5, 0.6) is 0 Å². The maximum Gasteiger partial charge on any atom is -0.00830 e. The summed E-state index contributed by atoms with van der Waals surface area (Å²) in [5.74, 6) is 0. The van der Waals surface area contributed by atoms with Crippen molar-refractivity contribution in [3.8, 4) is 0 Å². The molecule has 0 saturated heterocycles. The van der Waals surface area contributed by atoms with Gasteiger partial charge < -0.3 is 0 Å². The molecule has 0 spiro atoms. The van der Waals surface area contributed by atoms with Gasteiger partial charge in [0.05, 0.1) is 0 Å². The van der Waals surface area contributed by atoms with Gasteiger partial charge in [0.15, 0.2) is 0 Å². The Hall–Kier alpha value is -1.08. The van der Waals surface area contributed by atoms with Crippen LogP contribution in [0.15, 0.2) is 53.5 Å². The minimum atomic E-state index is 0.979. The lowest BCUT2D eigenvalue weighted by Gasteiger charge is -2.02. The second-order valence-corrected chi connectivity index (χ2v) is 3.73. The van der Waals surface area contributed by atoms with Crippen LogP contribution >= 0.6 is 15.9 Å². The number of rotatable bonds is 2. The Morgan fingerprint density at radius 1 is 1.00 bits per heavy atom. The van der Waals surface area contributed by atoms with Gasteiger partial charge in [-0.15, -0.1) is 0 Å². The topological polar surface area (TPSA) is 0 Å². The number of allylic oxidation sites excluding steroid dienone is 1. The maximum atomic E-state index is 3.29. The first kappa shape index (κ1) is 9.47. The lowest BCUT2D eigenvalue weighted by molar-refractivity contribution is 1.31. The van der Waals surface area contributed by atoms with Crippen LogP contribution < -0.4 is 0 Å². The summed E-state index contributed by atoms with van der Waals surface area (Å²) in [6.07, 6.45) is 3.09. The molecular weight excluding hydrogens is 236 g/mol. The fourth-order valence-electron chi connectivity index (χ4n) is 1.64. The molecule has 2 aromatic carbocycles. The predicted octanol–water partition coefficient (Wildman–Crippen LogP) is 4.29. The molecule has 0 heterocycles. The predicted molar refractivity (Wildman–Crippen MR) is 65.7 cm³/mol. The second kappa shape index (κ2) is 4.43. The molecule has 0 aliphatic rings. The van der Waals surface area contributed by atoms with Gasteiger partial charge in [0.2, 0.25) is 0 Å². The van der Waals surface area contributed by atoms with Crippen LogP contribution in [0.4, 0.5) is 0 Å². The van der Waals surface area contributed by atoms with Crippen LogP contribution in [0.3, 0.4) is 0 Å². The normalized spacial score (nSPS) is 11.2. The quantitative estimate of drug-likeness (QED) is 0.742. The first-order valence-electron chi connectivity index (χ1n) is 4.63. The van der Waals surface area contributed by atoms with Gasteiger partial charge in [-0.25, -0.2) is 0 Å². The van der Waals surface area contributed by atoms with Gasteiger partial charge in [-0.2, -0.15) is 0 Å². The zero-order valence-electron chi connectivity index (χ0n) is 7.78. The summed E-state index contributed by atoms with van der Waals surface area (Å²) in [7, 11) is 0. The zero-order chi connectivity index (χ0) is 9.80. The lowest BCUT2D eigenvalue weighted by atomic mass is 10.0. The van der Waals surface area contributed by atoms with Crippen LogP contribution in [0.25, 0.3) is 10.8 Å². The highest BCUT2D eigenvalue weighted by Gasteiger charge is 1.96. The molecule has 2 aromatic rings. The molecule has 0 unspecified atom stereocenters. The smallest absolute Gasteiger partial charge is 0.00830 e. The van der Waals surface area contributed by atoms with E-state index in [4.69, 9.17) is 0 Å². The summed E-state index contributed by atoms with van der Waals surface area (Å²) < 4.78 is 0. The standard InChI is InChI=1S/C13H11Br/c14-10-4-8-12-7-3-6-11-5-1-2-9-13(11)12/h1-7,9-10H,8H2/b10-4+. The summed E-state index contributed by atoms with van der Waals surface area (Å²) >= 11 is 3.29. The summed E-state index contributed by atoms with van der Waals surface area (Å²) in [6, 6.07) is 14.9. The van der Waals surface area contributed by atoms with Crippen molar-refractivity contribution in [3.05, 3.63) is 59.1 Å². The highest BCUT2D eigenvalue weighted by Crippen LogP contribution is 2.19. The van der Waals surface area contributed by atoms with Gasteiger partial charge in [-0.1, -0.05) is 64.5 Å². The molecule has 0 fully saturated rings. The van der Waals surface area contributed by atoms with Crippen LogP contribution in [0, 0.1) is 0 Å². The first-order valence-corrected chi connectivity index (χ1v) is 5.55. The number of benzene rings is 2. The average molecular weight is 247 g/mol. The van der Waals surface area contributed by atoms with Gasteiger partial charge in [-0.3, -0.25) is 0 Å². The molecular formula is C13H11Br. The lowest BCUT2D eigenvalue weighted by Crippen LogP contribution is -1.83. The monoisotopic (exact) mass is 246 g/mol. The Morgan fingerprint density at radius 2 is 1.79 bits per heavy atom. The van der Waals surface area contributed by atoms with Gasteiger partial charge in [0.25, 0.3) is 0 Å². The number of fused-ring (bicyclic) bond motifs is 1. The molecule has 14 heavy (non-hydrogen) atoms. The third-order valence-electron chi connectivity index (χ3n) is 2.31. The Labute approximate surface area is 92.4 Å². The molecule has 0 radical (unpaired) electrons. The molecule has 70 valence electrons. The third kappa shape index (κ3) is 1.88. The van der Waals surface area contributed by atoms with E-state index in [1.54, 1.807) is 0 Å². The number of halogens is 1. The largest absolute Gasteiger partial charge is 0.0732 e. The molecule has 2 rings (SSSR count). The molecule has 1 heteroatoms. The van der Waals surface area contributed by atoms with Crippen LogP contribution in [0.2, 0.25) is 0 Å². The van der Waals surface area contributed by atoms with Crippen molar-refractivity contribution in [2.45, 2.75) is 6.42 Å². The van der Waals surface area contributed by atoms with Crippen LogP contribution in [-0.4, -0.2) is 0 Å². The average Bonchev–Trinajstić information content (AvgIpc) is 2.26. The Bertz CT molecular complexity index is 452. The highest BCUT2D eigenvalue weighted by atomic mass is 79.9. The van der Waals surface area contributed by atoms with E-state index in [-0.39, 0.29) is 0 Å². The minimum absolute atomic E-state index is 0.979. The summed E-state index contributed by atoms with van der Waals surface area (Å²) in [5.41, 5.74) is 1.37. The molecule has 0 atom stereocenters. The van der Waals surface area contributed by atoms with Gasteiger partial charge in [-0.05, 0) is 27.7 Å². The summed E-state index contributed by atoms with van der Waals surface area (Å²) in [4.78, 5) is 1.91. The Kier molecular flexibility index (Phi) is 3.00. The van der Waals surface area contributed by atoms with Crippen LogP contribution in [0.1, 0.15) is 5.56 Å². The van der Waals surface area contributed by atoms with E-state index in [1.807, 2.05) is 4.99 Å². The fourth-order valence-corrected chi connectivity index (χ4v) is 1.83. The molecule has 0 nitrogen and oxygen atoms in total. The van der Waals surface area contributed by atoms with Crippen molar-refractivity contribution in [1.82, 2.24) is 0 Å². The first-order chi connectivity index (χ1) is 6.92. The second-order valence-electron chi connectivity index (χ2n) is 3.20. The van der Waals surface area contributed by atoms with Crippen molar-refractivity contribution >= 4 is 26.7 Å². The maximum absolute atomic E-state index is 3.29. The van der Waals surface area contributed by atoms with E-state index in [1.165, 1.54) is 16.3 Å². The van der Waals surface area contributed by atoms with Crippen molar-refractivity contribution in [1.29, 1.82) is 0 Å². The summed E-state index contributed by atoms with van der Waals surface area (Å²) in [6.45, 7) is 0. The Morgan fingerprint density at radius 3 is 2.64 bits per heavy atom.